The number of hydrogen-bond acceptors (Lipinski definition) is 1. The van der Waals surface area contributed by atoms with Gasteiger partial charge in [0.15, 0.2) is 5.60 Å². The van der Waals surface area contributed by atoms with Gasteiger partial charge < -0.3 is 4.74 Å². The summed E-state index contributed by atoms with van der Waals surface area (Å²) in [5, 5.41) is 0.634. The molecule has 0 spiro atoms. The highest BCUT2D eigenvalue weighted by Crippen LogP contribution is 2.69. The van der Waals surface area contributed by atoms with Gasteiger partial charge in [-0.05, 0) is 39.9 Å². The van der Waals surface area contributed by atoms with Crippen LogP contribution in [0.15, 0.2) is 109 Å². The van der Waals surface area contributed by atoms with Crippen molar-refractivity contribution in [2.75, 3.05) is 0 Å². The third-order valence-corrected chi connectivity index (χ3v) is 7.05. The van der Waals surface area contributed by atoms with Gasteiger partial charge in [0.25, 0.3) is 0 Å². The third-order valence-electron chi connectivity index (χ3n) is 6.80. The first-order chi connectivity index (χ1) is 15.2. The van der Waals surface area contributed by atoms with Crippen molar-refractivity contribution < 1.29 is 9.13 Å². The Hall–Kier alpha value is -2.94. The molecule has 1 saturated heterocycles. The van der Waals surface area contributed by atoms with Crippen LogP contribution in [0.2, 0.25) is 5.02 Å². The van der Waals surface area contributed by atoms with Gasteiger partial charge in [0.1, 0.15) is 11.8 Å². The average Bonchev–Trinajstić information content (AvgIpc) is 3.29. The highest BCUT2D eigenvalue weighted by atomic mass is 35.5. The van der Waals surface area contributed by atoms with E-state index in [-0.39, 0.29) is 0 Å². The van der Waals surface area contributed by atoms with Crippen molar-refractivity contribution in [2.45, 2.75) is 23.3 Å². The van der Waals surface area contributed by atoms with Crippen molar-refractivity contribution >= 4 is 11.6 Å². The molecule has 4 aromatic rings. The number of hydrogen-bond donors (Lipinski definition) is 0. The predicted molar refractivity (Wildman–Crippen MR) is 121 cm³/mol. The molecule has 4 aromatic carbocycles. The molecule has 2 bridgehead atoms. The van der Waals surface area contributed by atoms with Gasteiger partial charge in [0.2, 0.25) is 0 Å². The standard InChI is InChI=1S/C28H20ClFO/c29-22-17-15-19(16-18-22)25-26(30)28(21-11-5-2-6-12-21)24-14-8-7-13-23(24)27(25,31-28)20-9-3-1-4-10-20/h1-18,25-26H/t25-,26?,27-,28+/m0/s1. The largest absolute Gasteiger partial charge is 0.346 e. The number of alkyl halides is 1. The fraction of sp³-hybridized carbons (Fsp3) is 0.143. The van der Waals surface area contributed by atoms with E-state index in [0.29, 0.717) is 5.02 Å². The zero-order valence-corrected chi connectivity index (χ0v) is 17.5. The molecule has 0 radical (unpaired) electrons. The minimum absolute atomic E-state index is 0.512. The molecule has 1 unspecified atom stereocenters. The zero-order chi connectivity index (χ0) is 21.1. The second-order valence-corrected chi connectivity index (χ2v) is 8.72. The number of ether oxygens (including phenoxy) is 1. The van der Waals surface area contributed by atoms with Gasteiger partial charge in [-0.2, -0.15) is 0 Å². The van der Waals surface area contributed by atoms with Crippen LogP contribution in [0, 0.1) is 0 Å². The van der Waals surface area contributed by atoms with Gasteiger partial charge in [-0.1, -0.05) is 109 Å². The molecule has 2 heterocycles. The lowest BCUT2D eigenvalue weighted by molar-refractivity contribution is -0.0567. The molecule has 0 aromatic heterocycles. The predicted octanol–water partition coefficient (Wildman–Crippen LogP) is 6.99. The van der Waals surface area contributed by atoms with Crippen LogP contribution < -0.4 is 0 Å². The van der Waals surface area contributed by atoms with Crippen molar-refractivity contribution in [3.05, 3.63) is 142 Å². The van der Waals surface area contributed by atoms with Crippen LogP contribution in [0.4, 0.5) is 4.39 Å². The Morgan fingerprint density at radius 1 is 0.613 bits per heavy atom. The maximum Gasteiger partial charge on any atom is 0.152 e. The molecule has 1 nitrogen and oxygen atoms in total. The first-order valence-corrected chi connectivity index (χ1v) is 10.9. The van der Waals surface area contributed by atoms with E-state index in [2.05, 4.69) is 6.07 Å². The summed E-state index contributed by atoms with van der Waals surface area (Å²) in [5.74, 6) is -0.512. The van der Waals surface area contributed by atoms with E-state index in [0.717, 1.165) is 27.8 Å². The first-order valence-electron chi connectivity index (χ1n) is 10.5. The summed E-state index contributed by atoms with van der Waals surface area (Å²) in [6.45, 7) is 0. The Morgan fingerprint density at radius 2 is 1.10 bits per heavy atom. The lowest BCUT2D eigenvalue weighted by atomic mass is 9.63. The Labute approximate surface area is 186 Å². The number of benzene rings is 4. The van der Waals surface area contributed by atoms with Crippen LogP contribution in [-0.4, -0.2) is 6.17 Å². The molecule has 6 rings (SSSR count). The molecular weight excluding hydrogens is 407 g/mol. The van der Waals surface area contributed by atoms with Crippen LogP contribution in [-0.2, 0) is 15.9 Å². The summed E-state index contributed by atoms with van der Waals surface area (Å²) < 4.78 is 23.9. The maximum absolute atomic E-state index is 16.9. The minimum Gasteiger partial charge on any atom is -0.346 e. The van der Waals surface area contributed by atoms with E-state index < -0.39 is 23.3 Å². The van der Waals surface area contributed by atoms with E-state index in [1.807, 2.05) is 103 Å². The third kappa shape index (κ3) is 2.40. The van der Waals surface area contributed by atoms with Crippen LogP contribution >= 0.6 is 11.6 Å². The summed E-state index contributed by atoms with van der Waals surface area (Å²) in [6, 6.07) is 35.4. The van der Waals surface area contributed by atoms with Crippen molar-refractivity contribution in [2.24, 2.45) is 0 Å². The SMILES string of the molecule is FC1[C@H](c2ccc(Cl)cc2)[C@@]2(c3ccccc3)O[C@]1(c1ccccc1)c1ccccc12. The van der Waals surface area contributed by atoms with Gasteiger partial charge in [-0.15, -0.1) is 0 Å². The Bertz CT molecular complexity index is 1240. The fourth-order valence-electron chi connectivity index (χ4n) is 5.58. The van der Waals surface area contributed by atoms with Crippen LogP contribution in [0.5, 0.6) is 0 Å². The van der Waals surface area contributed by atoms with E-state index in [1.54, 1.807) is 0 Å². The molecule has 31 heavy (non-hydrogen) atoms. The summed E-state index contributed by atoms with van der Waals surface area (Å²) in [7, 11) is 0. The number of halogens is 2. The van der Waals surface area contributed by atoms with Gasteiger partial charge in [0.05, 0.1) is 5.92 Å². The summed E-state index contributed by atoms with van der Waals surface area (Å²) in [6.07, 6.45) is -1.27. The lowest BCUT2D eigenvalue weighted by Crippen LogP contribution is -2.40. The molecule has 0 aliphatic carbocycles. The molecule has 4 atom stereocenters. The normalized spacial score (nSPS) is 28.5. The van der Waals surface area contributed by atoms with Gasteiger partial charge >= 0.3 is 0 Å². The van der Waals surface area contributed by atoms with E-state index >= 15 is 4.39 Å². The quantitative estimate of drug-likeness (QED) is 0.343. The summed E-state index contributed by atoms with van der Waals surface area (Å²) >= 11 is 6.16. The van der Waals surface area contributed by atoms with Crippen LogP contribution in [0.1, 0.15) is 33.7 Å². The Kier molecular flexibility index (Phi) is 4.11. The van der Waals surface area contributed by atoms with Crippen molar-refractivity contribution in [1.82, 2.24) is 0 Å². The van der Waals surface area contributed by atoms with E-state index in [1.165, 1.54) is 0 Å². The lowest BCUT2D eigenvalue weighted by Gasteiger charge is -2.37. The first kappa shape index (κ1) is 18.8. The smallest absolute Gasteiger partial charge is 0.152 e. The average molecular weight is 427 g/mol. The van der Waals surface area contributed by atoms with Gasteiger partial charge in [-0.3, -0.25) is 0 Å². The van der Waals surface area contributed by atoms with Gasteiger partial charge in [0, 0.05) is 5.02 Å². The molecule has 0 saturated carbocycles. The molecule has 0 N–H and O–H groups in total. The molecule has 3 heteroatoms. The highest BCUT2D eigenvalue weighted by molar-refractivity contribution is 6.30. The van der Waals surface area contributed by atoms with Crippen molar-refractivity contribution in [1.29, 1.82) is 0 Å². The topological polar surface area (TPSA) is 9.23 Å². The van der Waals surface area contributed by atoms with Crippen molar-refractivity contribution in [3.8, 4) is 0 Å². The molecule has 2 aliphatic heterocycles. The summed E-state index contributed by atoms with van der Waals surface area (Å²) in [5.41, 5.74) is 2.51. The number of fused-ring (bicyclic) bond motifs is 5. The fourth-order valence-corrected chi connectivity index (χ4v) is 5.71. The second kappa shape index (κ2) is 6.78. The second-order valence-electron chi connectivity index (χ2n) is 8.28. The zero-order valence-electron chi connectivity index (χ0n) is 16.7. The van der Waals surface area contributed by atoms with Crippen LogP contribution in [0.3, 0.4) is 0 Å². The summed E-state index contributed by atoms with van der Waals surface area (Å²) in [4.78, 5) is 0. The molecule has 0 amide bonds. The van der Waals surface area contributed by atoms with Crippen LogP contribution in [0.25, 0.3) is 0 Å². The molecule has 1 fully saturated rings. The maximum atomic E-state index is 16.9. The minimum atomic E-state index is -1.27. The van der Waals surface area contributed by atoms with Gasteiger partial charge in [-0.25, -0.2) is 4.39 Å². The van der Waals surface area contributed by atoms with E-state index in [9.17, 15) is 0 Å². The van der Waals surface area contributed by atoms with E-state index in [4.69, 9.17) is 16.3 Å². The molecular formula is C28H20ClFO. The Balaban J connectivity index is 1.70. The highest BCUT2D eigenvalue weighted by Gasteiger charge is 2.72. The monoisotopic (exact) mass is 426 g/mol. The van der Waals surface area contributed by atoms with Crippen molar-refractivity contribution in [3.63, 3.8) is 0 Å². The molecule has 152 valence electrons. The number of rotatable bonds is 3. The molecule has 2 aliphatic rings. The Morgan fingerprint density at radius 3 is 1.68 bits per heavy atom.